The number of carbonyl (C=O) groups excluding carboxylic acids is 1. The number of nitrogens with zero attached hydrogens (tertiary/aromatic N) is 1. The first kappa shape index (κ1) is 16.3. The summed E-state index contributed by atoms with van der Waals surface area (Å²) in [5.41, 5.74) is -0.906. The number of rotatable bonds is 2. The third-order valence-electron chi connectivity index (χ3n) is 5.02. The fraction of sp³-hybridized carbons (Fsp3) is 0.933. The molecule has 0 spiro atoms. The van der Waals surface area contributed by atoms with Crippen LogP contribution in [0.15, 0.2) is 0 Å². The third kappa shape index (κ3) is 2.88. The molecule has 0 aromatic rings. The molecule has 4 nitrogen and oxygen atoms in total. The van der Waals surface area contributed by atoms with Crippen molar-refractivity contribution < 1.29 is 14.6 Å². The molecule has 0 saturated heterocycles. The highest BCUT2D eigenvalue weighted by Crippen LogP contribution is 2.52. The van der Waals surface area contributed by atoms with E-state index >= 15 is 0 Å². The lowest BCUT2D eigenvalue weighted by Crippen LogP contribution is -2.56. The van der Waals surface area contributed by atoms with Gasteiger partial charge in [-0.15, -0.1) is 0 Å². The maximum Gasteiger partial charge on any atom is 0.410 e. The molecule has 0 aromatic heterocycles. The van der Waals surface area contributed by atoms with E-state index in [2.05, 4.69) is 20.8 Å². The van der Waals surface area contributed by atoms with Gasteiger partial charge < -0.3 is 14.7 Å². The fourth-order valence-corrected chi connectivity index (χ4v) is 3.03. The Morgan fingerprint density at radius 1 is 1.37 bits per heavy atom. The van der Waals surface area contributed by atoms with E-state index < -0.39 is 5.60 Å². The average molecular weight is 271 g/mol. The first-order valence-corrected chi connectivity index (χ1v) is 7.03. The molecule has 0 aromatic carbocycles. The van der Waals surface area contributed by atoms with Gasteiger partial charge in [-0.05, 0) is 51.9 Å². The molecule has 1 aliphatic carbocycles. The predicted molar refractivity (Wildman–Crippen MR) is 76.0 cm³/mol. The minimum absolute atomic E-state index is 0.132. The van der Waals surface area contributed by atoms with Gasteiger partial charge in [-0.3, -0.25) is 0 Å². The molecule has 0 heterocycles. The number of hydrogen-bond acceptors (Lipinski definition) is 3. The predicted octanol–water partition coefficient (Wildman–Crippen LogP) is 3.04. The van der Waals surface area contributed by atoms with Crippen molar-refractivity contribution in [3.63, 3.8) is 0 Å². The first-order valence-electron chi connectivity index (χ1n) is 7.03. The molecule has 2 unspecified atom stereocenters. The lowest BCUT2D eigenvalue weighted by Gasteiger charge is -2.47. The van der Waals surface area contributed by atoms with Gasteiger partial charge in [0.15, 0.2) is 0 Å². The Balaban J connectivity index is 2.92. The van der Waals surface area contributed by atoms with Crippen LogP contribution in [0.25, 0.3) is 0 Å². The number of ether oxygens (including phenoxy) is 1. The van der Waals surface area contributed by atoms with E-state index in [1.54, 1.807) is 11.9 Å². The summed E-state index contributed by atoms with van der Waals surface area (Å²) in [7, 11) is 1.80. The lowest BCUT2D eigenvalue weighted by atomic mass is 9.71. The van der Waals surface area contributed by atoms with Gasteiger partial charge in [-0.2, -0.15) is 0 Å². The van der Waals surface area contributed by atoms with Crippen LogP contribution >= 0.6 is 0 Å². The van der Waals surface area contributed by atoms with Crippen molar-refractivity contribution in [2.24, 2.45) is 11.3 Å². The molecule has 1 N–H and O–H groups in total. The Bertz CT molecular complexity index is 346. The second-order valence-corrected chi connectivity index (χ2v) is 7.45. The third-order valence-corrected chi connectivity index (χ3v) is 5.02. The van der Waals surface area contributed by atoms with Crippen LogP contribution in [0.2, 0.25) is 0 Å². The zero-order valence-electron chi connectivity index (χ0n) is 13.4. The molecule has 1 rings (SSSR count). The van der Waals surface area contributed by atoms with Crippen molar-refractivity contribution in [3.8, 4) is 0 Å². The Morgan fingerprint density at radius 3 is 2.26 bits per heavy atom. The molecular weight excluding hydrogens is 242 g/mol. The highest BCUT2D eigenvalue weighted by Gasteiger charge is 2.55. The summed E-state index contributed by atoms with van der Waals surface area (Å²) in [6.45, 7) is 12.1. The highest BCUT2D eigenvalue weighted by atomic mass is 16.6. The summed E-state index contributed by atoms with van der Waals surface area (Å²) in [5, 5.41) is 9.51. The van der Waals surface area contributed by atoms with Crippen LogP contribution in [0.5, 0.6) is 0 Å². The lowest BCUT2D eigenvalue weighted by molar-refractivity contribution is -0.0260. The van der Waals surface area contributed by atoms with Gasteiger partial charge in [0.1, 0.15) is 5.60 Å². The van der Waals surface area contributed by atoms with Crippen LogP contribution in [0.1, 0.15) is 54.4 Å². The highest BCUT2D eigenvalue weighted by molar-refractivity contribution is 5.69. The number of amides is 1. The van der Waals surface area contributed by atoms with E-state index in [1.165, 1.54) is 0 Å². The van der Waals surface area contributed by atoms with E-state index in [0.29, 0.717) is 0 Å². The second kappa shape index (κ2) is 4.97. The van der Waals surface area contributed by atoms with Gasteiger partial charge in [0, 0.05) is 19.2 Å². The van der Waals surface area contributed by atoms with E-state index in [9.17, 15) is 9.90 Å². The molecule has 112 valence electrons. The largest absolute Gasteiger partial charge is 0.444 e. The Kier molecular flexibility index (Phi) is 4.26. The molecule has 1 aliphatic rings. The molecule has 0 radical (unpaired) electrons. The Morgan fingerprint density at radius 2 is 1.89 bits per heavy atom. The fourth-order valence-electron chi connectivity index (χ4n) is 3.03. The minimum atomic E-state index is -0.485. The van der Waals surface area contributed by atoms with Crippen molar-refractivity contribution in [1.29, 1.82) is 0 Å². The van der Waals surface area contributed by atoms with Gasteiger partial charge in [-0.1, -0.05) is 13.8 Å². The SMILES string of the molecule is CN(C(=O)OC(C)(C)C)C1(C)CCC(CO)C1(C)C. The van der Waals surface area contributed by atoms with Gasteiger partial charge in [-0.25, -0.2) is 4.79 Å². The second-order valence-electron chi connectivity index (χ2n) is 7.45. The van der Waals surface area contributed by atoms with Crippen LogP contribution in [0, 0.1) is 11.3 Å². The van der Waals surface area contributed by atoms with Crippen LogP contribution in [-0.4, -0.2) is 40.9 Å². The zero-order valence-corrected chi connectivity index (χ0v) is 13.4. The smallest absolute Gasteiger partial charge is 0.410 e. The molecular formula is C15H29NO3. The van der Waals surface area contributed by atoms with Crippen LogP contribution in [0.3, 0.4) is 0 Å². The van der Waals surface area contributed by atoms with Crippen molar-refractivity contribution in [1.82, 2.24) is 4.90 Å². The molecule has 1 fully saturated rings. The summed E-state index contributed by atoms with van der Waals surface area (Å²) in [6, 6.07) is 0. The summed E-state index contributed by atoms with van der Waals surface area (Å²) in [5.74, 6) is 0.224. The number of aliphatic hydroxyl groups is 1. The first-order chi connectivity index (χ1) is 8.45. The van der Waals surface area contributed by atoms with E-state index in [0.717, 1.165) is 12.8 Å². The minimum Gasteiger partial charge on any atom is -0.444 e. The quantitative estimate of drug-likeness (QED) is 0.840. The summed E-state index contributed by atoms with van der Waals surface area (Å²) in [4.78, 5) is 14.0. The van der Waals surface area contributed by atoms with Gasteiger partial charge in [0.2, 0.25) is 0 Å². The molecule has 19 heavy (non-hydrogen) atoms. The maximum absolute atomic E-state index is 12.3. The Labute approximate surface area is 117 Å². The standard InChI is InChI=1S/C15H29NO3/c1-13(2,3)19-12(18)16(7)15(6)9-8-11(10-17)14(15,4)5/h11,17H,8-10H2,1-7H3. The van der Waals surface area contributed by atoms with E-state index in [1.807, 2.05) is 20.8 Å². The molecule has 2 atom stereocenters. The normalized spacial score (nSPS) is 30.2. The maximum atomic E-state index is 12.3. The van der Waals surface area contributed by atoms with Gasteiger partial charge in [0.05, 0.1) is 0 Å². The van der Waals surface area contributed by atoms with Gasteiger partial charge >= 0.3 is 6.09 Å². The number of hydrogen-bond donors (Lipinski definition) is 1. The van der Waals surface area contributed by atoms with Crippen molar-refractivity contribution in [2.75, 3.05) is 13.7 Å². The molecule has 0 bridgehead atoms. The van der Waals surface area contributed by atoms with Crippen molar-refractivity contribution >= 4 is 6.09 Å². The average Bonchev–Trinajstić information content (AvgIpc) is 2.47. The molecule has 1 amide bonds. The number of carbonyl (C=O) groups is 1. The number of aliphatic hydroxyl groups excluding tert-OH is 1. The summed E-state index contributed by atoms with van der Waals surface area (Å²) < 4.78 is 5.46. The molecule has 1 saturated carbocycles. The van der Waals surface area contributed by atoms with Crippen molar-refractivity contribution in [3.05, 3.63) is 0 Å². The van der Waals surface area contributed by atoms with Crippen LogP contribution < -0.4 is 0 Å². The molecule has 0 aliphatic heterocycles. The van der Waals surface area contributed by atoms with Crippen molar-refractivity contribution in [2.45, 2.75) is 65.5 Å². The van der Waals surface area contributed by atoms with Gasteiger partial charge in [0.25, 0.3) is 0 Å². The van der Waals surface area contributed by atoms with E-state index in [4.69, 9.17) is 4.74 Å². The Hall–Kier alpha value is -0.770. The van der Waals surface area contributed by atoms with Crippen LogP contribution in [0.4, 0.5) is 4.79 Å². The van der Waals surface area contributed by atoms with E-state index in [-0.39, 0.29) is 29.6 Å². The topological polar surface area (TPSA) is 49.8 Å². The summed E-state index contributed by atoms with van der Waals surface area (Å²) >= 11 is 0. The molecule has 4 heteroatoms. The monoisotopic (exact) mass is 271 g/mol. The zero-order chi connectivity index (χ0) is 15.1. The summed E-state index contributed by atoms with van der Waals surface area (Å²) in [6.07, 6.45) is 1.54. The van der Waals surface area contributed by atoms with Crippen LogP contribution in [-0.2, 0) is 4.74 Å².